The number of fused-ring (bicyclic) bond motifs is 1. The van der Waals surface area contributed by atoms with Crippen LogP contribution < -0.4 is 4.74 Å². The van der Waals surface area contributed by atoms with Gasteiger partial charge in [0.25, 0.3) is 0 Å². The topological polar surface area (TPSA) is 60.8 Å². The summed E-state index contributed by atoms with van der Waals surface area (Å²) in [7, 11) is 1.82. The summed E-state index contributed by atoms with van der Waals surface area (Å²) < 4.78 is 12.9. The molecule has 36 heavy (non-hydrogen) atoms. The number of carbonyl (C=O) groups excluding carboxylic acids is 2. The lowest BCUT2D eigenvalue weighted by Gasteiger charge is -2.18. The molecule has 0 unspecified atom stereocenters. The van der Waals surface area contributed by atoms with Crippen molar-refractivity contribution < 1.29 is 19.1 Å². The molecular formula is C30H30N2O4. The third-order valence-electron chi connectivity index (χ3n) is 5.86. The van der Waals surface area contributed by atoms with Gasteiger partial charge in [-0.2, -0.15) is 0 Å². The van der Waals surface area contributed by atoms with E-state index in [0.29, 0.717) is 18.9 Å². The zero-order valence-corrected chi connectivity index (χ0v) is 20.6. The fourth-order valence-electron chi connectivity index (χ4n) is 3.94. The maximum absolute atomic E-state index is 13.0. The van der Waals surface area contributed by atoms with Gasteiger partial charge < -0.3 is 18.9 Å². The summed E-state index contributed by atoms with van der Waals surface area (Å²) in [6.07, 6.45) is 5.80. The van der Waals surface area contributed by atoms with Crippen LogP contribution in [-0.2, 0) is 27.3 Å². The van der Waals surface area contributed by atoms with Crippen molar-refractivity contribution in [2.75, 3.05) is 20.2 Å². The largest absolute Gasteiger partial charge is 0.463 e. The lowest BCUT2D eigenvalue weighted by Crippen LogP contribution is -2.31. The Morgan fingerprint density at radius 3 is 2.39 bits per heavy atom. The molecule has 0 aliphatic rings. The maximum Gasteiger partial charge on any atom is 0.330 e. The summed E-state index contributed by atoms with van der Waals surface area (Å²) in [4.78, 5) is 26.7. The number of aromatic nitrogens is 1. The molecule has 1 aromatic heterocycles. The molecule has 3 aromatic carbocycles. The zero-order valence-electron chi connectivity index (χ0n) is 20.6. The van der Waals surface area contributed by atoms with Crippen molar-refractivity contribution >= 4 is 28.9 Å². The van der Waals surface area contributed by atoms with Crippen LogP contribution in [0.1, 0.15) is 18.1 Å². The van der Waals surface area contributed by atoms with Crippen LogP contribution in [0.3, 0.4) is 0 Å². The van der Waals surface area contributed by atoms with E-state index in [4.69, 9.17) is 9.47 Å². The number of amides is 1. The fraction of sp³-hybridized carbons (Fsp3) is 0.200. The molecule has 0 fully saturated rings. The number of ether oxygens (including phenoxy) is 2. The summed E-state index contributed by atoms with van der Waals surface area (Å²) in [5.74, 6) is 0.999. The SMILES string of the molecule is CCOC(=O)/C=C/c1cn(CC(=O)N(C)CCc2ccccc2)c2ccc(Oc3ccccc3)cc12. The van der Waals surface area contributed by atoms with E-state index in [1.165, 1.54) is 11.6 Å². The molecule has 0 bridgehead atoms. The van der Waals surface area contributed by atoms with Crippen molar-refractivity contribution in [2.24, 2.45) is 0 Å². The van der Waals surface area contributed by atoms with Crippen molar-refractivity contribution in [3.8, 4) is 11.5 Å². The van der Waals surface area contributed by atoms with Crippen LogP contribution in [0.4, 0.5) is 0 Å². The van der Waals surface area contributed by atoms with Gasteiger partial charge >= 0.3 is 5.97 Å². The Morgan fingerprint density at radius 1 is 0.944 bits per heavy atom. The first-order valence-corrected chi connectivity index (χ1v) is 12.0. The number of para-hydroxylation sites is 1. The fourth-order valence-corrected chi connectivity index (χ4v) is 3.94. The number of carbonyl (C=O) groups is 2. The van der Waals surface area contributed by atoms with Crippen LogP contribution in [0.5, 0.6) is 11.5 Å². The van der Waals surface area contributed by atoms with Gasteiger partial charge in [0.2, 0.25) is 5.91 Å². The smallest absolute Gasteiger partial charge is 0.330 e. The van der Waals surface area contributed by atoms with Crippen LogP contribution in [0, 0.1) is 0 Å². The first-order valence-electron chi connectivity index (χ1n) is 12.0. The Kier molecular flexibility index (Phi) is 8.19. The predicted octanol–water partition coefficient (Wildman–Crippen LogP) is 5.71. The minimum absolute atomic E-state index is 0.00775. The monoisotopic (exact) mass is 482 g/mol. The highest BCUT2D eigenvalue weighted by molar-refractivity contribution is 5.95. The molecule has 0 saturated carbocycles. The molecule has 1 amide bonds. The summed E-state index contributed by atoms with van der Waals surface area (Å²) in [5.41, 5.74) is 2.88. The van der Waals surface area contributed by atoms with E-state index in [2.05, 4.69) is 12.1 Å². The summed E-state index contributed by atoms with van der Waals surface area (Å²) in [6, 6.07) is 25.4. The maximum atomic E-state index is 13.0. The molecule has 0 aliphatic heterocycles. The quantitative estimate of drug-likeness (QED) is 0.215. The third-order valence-corrected chi connectivity index (χ3v) is 5.86. The molecule has 0 atom stereocenters. The molecule has 4 aromatic rings. The van der Waals surface area contributed by atoms with E-state index in [-0.39, 0.29) is 12.5 Å². The van der Waals surface area contributed by atoms with Gasteiger partial charge in [0, 0.05) is 42.3 Å². The minimum atomic E-state index is -0.410. The van der Waals surface area contributed by atoms with E-state index >= 15 is 0 Å². The molecule has 0 saturated heterocycles. The first-order chi connectivity index (χ1) is 17.5. The highest BCUT2D eigenvalue weighted by Gasteiger charge is 2.15. The normalized spacial score (nSPS) is 11.1. The van der Waals surface area contributed by atoms with E-state index in [0.717, 1.165) is 28.6 Å². The number of likely N-dealkylation sites (N-methyl/N-ethyl adjacent to an activating group) is 1. The lowest BCUT2D eigenvalue weighted by atomic mass is 10.1. The highest BCUT2D eigenvalue weighted by Crippen LogP contribution is 2.30. The van der Waals surface area contributed by atoms with E-state index in [1.54, 1.807) is 17.9 Å². The van der Waals surface area contributed by atoms with Gasteiger partial charge in [-0.25, -0.2) is 4.79 Å². The molecule has 1 heterocycles. The lowest BCUT2D eigenvalue weighted by molar-refractivity contribution is -0.137. The summed E-state index contributed by atoms with van der Waals surface area (Å²) >= 11 is 0. The first kappa shape index (κ1) is 24.8. The van der Waals surface area contributed by atoms with Gasteiger partial charge in [-0.05, 0) is 55.3 Å². The van der Waals surface area contributed by atoms with E-state index < -0.39 is 5.97 Å². The van der Waals surface area contributed by atoms with Gasteiger partial charge in [0.1, 0.15) is 18.0 Å². The second kappa shape index (κ2) is 11.9. The number of benzene rings is 3. The van der Waals surface area contributed by atoms with Crippen LogP contribution in [0.15, 0.2) is 91.1 Å². The second-order valence-corrected chi connectivity index (χ2v) is 8.44. The number of hydrogen-bond acceptors (Lipinski definition) is 4. The van der Waals surface area contributed by atoms with Gasteiger partial charge in [0.05, 0.1) is 6.61 Å². The molecule has 4 rings (SSSR count). The molecule has 0 aliphatic carbocycles. The molecule has 0 spiro atoms. The average molecular weight is 483 g/mol. The second-order valence-electron chi connectivity index (χ2n) is 8.44. The Bertz CT molecular complexity index is 1340. The number of nitrogens with zero attached hydrogens (tertiary/aromatic N) is 2. The van der Waals surface area contributed by atoms with Gasteiger partial charge in [-0.1, -0.05) is 48.5 Å². The molecule has 184 valence electrons. The Balaban J connectivity index is 1.57. The van der Waals surface area contributed by atoms with E-state index in [1.807, 2.05) is 84.5 Å². The molecule has 6 nitrogen and oxygen atoms in total. The molecule has 0 radical (unpaired) electrons. The zero-order chi connectivity index (χ0) is 25.3. The van der Waals surface area contributed by atoms with Gasteiger partial charge in [-0.3, -0.25) is 4.79 Å². The van der Waals surface area contributed by atoms with Crippen molar-refractivity contribution in [3.05, 3.63) is 102 Å². The molecule has 6 heteroatoms. The van der Waals surface area contributed by atoms with Gasteiger partial charge in [-0.15, -0.1) is 0 Å². The standard InChI is InChI=1S/C30H30N2O4/c1-3-35-30(34)17-14-24-21-32(22-29(33)31(2)19-18-23-10-6-4-7-11-23)28-16-15-26(20-27(24)28)36-25-12-8-5-9-13-25/h4-17,20-21H,3,18-19,22H2,1-2H3/b17-14+. The van der Waals surface area contributed by atoms with E-state index in [9.17, 15) is 9.59 Å². The van der Waals surface area contributed by atoms with Crippen LogP contribution >= 0.6 is 0 Å². The Labute approximate surface area is 211 Å². The third kappa shape index (κ3) is 6.42. The van der Waals surface area contributed by atoms with Crippen LogP contribution in [-0.4, -0.2) is 41.5 Å². The van der Waals surface area contributed by atoms with Crippen LogP contribution in [0.2, 0.25) is 0 Å². The Hall–Kier alpha value is -4.32. The van der Waals surface area contributed by atoms with Crippen molar-refractivity contribution in [3.63, 3.8) is 0 Å². The minimum Gasteiger partial charge on any atom is -0.463 e. The molecular weight excluding hydrogens is 452 g/mol. The molecule has 0 N–H and O–H groups in total. The van der Waals surface area contributed by atoms with Crippen molar-refractivity contribution in [2.45, 2.75) is 19.9 Å². The number of esters is 1. The van der Waals surface area contributed by atoms with Crippen LogP contribution in [0.25, 0.3) is 17.0 Å². The number of rotatable bonds is 10. The van der Waals surface area contributed by atoms with Gasteiger partial charge in [0.15, 0.2) is 0 Å². The number of hydrogen-bond donors (Lipinski definition) is 0. The summed E-state index contributed by atoms with van der Waals surface area (Å²) in [5, 5.41) is 0.878. The predicted molar refractivity (Wildman–Crippen MR) is 142 cm³/mol. The van der Waals surface area contributed by atoms with Crippen molar-refractivity contribution in [1.29, 1.82) is 0 Å². The Morgan fingerprint density at radius 2 is 1.67 bits per heavy atom. The average Bonchev–Trinajstić information content (AvgIpc) is 3.23. The summed E-state index contributed by atoms with van der Waals surface area (Å²) in [6.45, 7) is 2.90. The highest BCUT2D eigenvalue weighted by atomic mass is 16.5. The van der Waals surface area contributed by atoms with Crippen molar-refractivity contribution in [1.82, 2.24) is 9.47 Å².